The molecule has 0 fully saturated rings. The van der Waals surface area contributed by atoms with Crippen LogP contribution in [0.5, 0.6) is 0 Å². The molecule has 2 N–H and O–H groups in total. The number of hydrogen-bond donors (Lipinski definition) is 1. The summed E-state index contributed by atoms with van der Waals surface area (Å²) < 4.78 is 13.1. The molecule has 0 spiro atoms. The van der Waals surface area contributed by atoms with Gasteiger partial charge in [0.15, 0.2) is 5.78 Å². The highest BCUT2D eigenvalue weighted by Gasteiger charge is 2.08. The lowest BCUT2D eigenvalue weighted by molar-refractivity contribution is 0.0978. The van der Waals surface area contributed by atoms with Crippen LogP contribution in [-0.2, 0) is 0 Å². The van der Waals surface area contributed by atoms with Gasteiger partial charge in [-0.3, -0.25) is 4.79 Å². The Balaban J connectivity index is 2.59. The molecule has 1 aromatic rings. The van der Waals surface area contributed by atoms with Crippen molar-refractivity contribution in [2.75, 3.05) is 0 Å². The van der Waals surface area contributed by atoms with E-state index >= 15 is 0 Å². The van der Waals surface area contributed by atoms with Gasteiger partial charge in [-0.2, -0.15) is 0 Å². The lowest BCUT2D eigenvalue weighted by Crippen LogP contribution is -2.14. The fourth-order valence-corrected chi connectivity index (χ4v) is 1.63. The van der Waals surface area contributed by atoms with Crippen molar-refractivity contribution in [2.24, 2.45) is 5.73 Å². The summed E-state index contributed by atoms with van der Waals surface area (Å²) >= 11 is 0. The normalized spacial score (nSPS) is 12.5. The van der Waals surface area contributed by atoms with E-state index in [2.05, 4.69) is 0 Å². The Kier molecular flexibility index (Phi) is 4.62. The Morgan fingerprint density at radius 2 is 2.12 bits per heavy atom. The molecule has 1 aromatic carbocycles. The second-order valence-electron chi connectivity index (χ2n) is 4.31. The monoisotopic (exact) mass is 223 g/mol. The molecule has 0 saturated heterocycles. The van der Waals surface area contributed by atoms with Gasteiger partial charge >= 0.3 is 0 Å². The molecule has 0 aliphatic heterocycles. The zero-order valence-electron chi connectivity index (χ0n) is 9.79. The molecular weight excluding hydrogens is 205 g/mol. The van der Waals surface area contributed by atoms with Crippen LogP contribution in [0.1, 0.15) is 42.1 Å². The lowest BCUT2D eigenvalue weighted by Gasteiger charge is -2.05. The van der Waals surface area contributed by atoms with Gasteiger partial charge in [0, 0.05) is 18.0 Å². The number of ketones is 1. The van der Waals surface area contributed by atoms with Crippen molar-refractivity contribution < 1.29 is 9.18 Å². The number of carbonyl (C=O) groups excluding carboxylic acids is 1. The summed E-state index contributed by atoms with van der Waals surface area (Å²) in [5.41, 5.74) is 6.83. The summed E-state index contributed by atoms with van der Waals surface area (Å²) in [7, 11) is 0. The summed E-state index contributed by atoms with van der Waals surface area (Å²) in [6.45, 7) is 3.69. The first-order valence-corrected chi connectivity index (χ1v) is 5.55. The van der Waals surface area contributed by atoms with Crippen LogP contribution in [-0.4, -0.2) is 11.8 Å². The second kappa shape index (κ2) is 5.75. The van der Waals surface area contributed by atoms with Crippen molar-refractivity contribution in [3.05, 3.63) is 35.1 Å². The average molecular weight is 223 g/mol. The van der Waals surface area contributed by atoms with E-state index in [1.165, 1.54) is 12.1 Å². The molecule has 1 atom stereocenters. The maximum Gasteiger partial charge on any atom is 0.162 e. The van der Waals surface area contributed by atoms with Gasteiger partial charge < -0.3 is 5.73 Å². The highest BCUT2D eigenvalue weighted by Crippen LogP contribution is 2.12. The van der Waals surface area contributed by atoms with E-state index in [9.17, 15) is 9.18 Å². The Labute approximate surface area is 95.7 Å². The number of Topliss-reactive ketones (excluding diaryl/α,β-unsaturated/α-hetero) is 1. The van der Waals surface area contributed by atoms with E-state index in [4.69, 9.17) is 5.73 Å². The van der Waals surface area contributed by atoms with Crippen LogP contribution >= 0.6 is 0 Å². The molecule has 0 bridgehead atoms. The highest BCUT2D eigenvalue weighted by molar-refractivity contribution is 5.96. The van der Waals surface area contributed by atoms with Crippen LogP contribution in [0.15, 0.2) is 18.2 Å². The number of rotatable bonds is 5. The minimum absolute atomic E-state index is 0.0109. The molecule has 0 aromatic heterocycles. The zero-order valence-corrected chi connectivity index (χ0v) is 9.79. The molecule has 88 valence electrons. The Bertz CT molecular complexity index is 354. The smallest absolute Gasteiger partial charge is 0.162 e. The van der Waals surface area contributed by atoms with Gasteiger partial charge in [-0.25, -0.2) is 4.39 Å². The van der Waals surface area contributed by atoms with Crippen molar-refractivity contribution >= 4 is 5.78 Å². The zero-order chi connectivity index (χ0) is 12.1. The van der Waals surface area contributed by atoms with Gasteiger partial charge in [0.05, 0.1) is 0 Å². The van der Waals surface area contributed by atoms with Gasteiger partial charge in [0.1, 0.15) is 5.82 Å². The van der Waals surface area contributed by atoms with Crippen molar-refractivity contribution in [2.45, 2.75) is 39.2 Å². The largest absolute Gasteiger partial charge is 0.328 e. The maximum atomic E-state index is 13.1. The summed E-state index contributed by atoms with van der Waals surface area (Å²) in [4.78, 5) is 11.7. The quantitative estimate of drug-likeness (QED) is 0.780. The molecule has 0 aliphatic rings. The van der Waals surface area contributed by atoms with Crippen LogP contribution in [0.2, 0.25) is 0 Å². The fourth-order valence-electron chi connectivity index (χ4n) is 1.63. The SMILES string of the molecule is Cc1cc(F)cc(C(=O)CCCC(C)N)c1. The number of nitrogens with two attached hydrogens (primary N) is 1. The van der Waals surface area contributed by atoms with E-state index in [1.54, 1.807) is 13.0 Å². The summed E-state index contributed by atoms with van der Waals surface area (Å²) in [5, 5.41) is 0. The molecular formula is C13H18FNO. The van der Waals surface area contributed by atoms with Crippen molar-refractivity contribution in [3.8, 4) is 0 Å². The van der Waals surface area contributed by atoms with Crippen molar-refractivity contribution in [1.29, 1.82) is 0 Å². The summed E-state index contributed by atoms with van der Waals surface area (Å²) in [6, 6.07) is 4.54. The van der Waals surface area contributed by atoms with Gasteiger partial charge in [-0.05, 0) is 50.5 Å². The summed E-state index contributed by atoms with van der Waals surface area (Å²) in [6.07, 6.45) is 2.01. The van der Waals surface area contributed by atoms with Gasteiger partial charge in [-0.1, -0.05) is 0 Å². The van der Waals surface area contributed by atoms with Gasteiger partial charge in [0.2, 0.25) is 0 Å². The number of benzene rings is 1. The highest BCUT2D eigenvalue weighted by atomic mass is 19.1. The maximum absolute atomic E-state index is 13.1. The van der Waals surface area contributed by atoms with Crippen molar-refractivity contribution in [1.82, 2.24) is 0 Å². The van der Waals surface area contributed by atoms with Gasteiger partial charge in [-0.15, -0.1) is 0 Å². The van der Waals surface area contributed by atoms with Crippen LogP contribution in [0.4, 0.5) is 4.39 Å². The number of aryl methyl sites for hydroxylation is 1. The molecule has 3 heteroatoms. The molecule has 0 amide bonds. The van der Waals surface area contributed by atoms with Crippen LogP contribution < -0.4 is 5.73 Å². The average Bonchev–Trinajstić information content (AvgIpc) is 2.15. The molecule has 16 heavy (non-hydrogen) atoms. The van der Waals surface area contributed by atoms with E-state index in [0.29, 0.717) is 12.0 Å². The minimum atomic E-state index is -0.351. The molecule has 1 rings (SSSR count). The third-order valence-corrected chi connectivity index (χ3v) is 2.43. The number of hydrogen-bond acceptors (Lipinski definition) is 2. The molecule has 1 unspecified atom stereocenters. The minimum Gasteiger partial charge on any atom is -0.328 e. The first kappa shape index (κ1) is 12.8. The Morgan fingerprint density at radius 1 is 1.44 bits per heavy atom. The van der Waals surface area contributed by atoms with Crippen molar-refractivity contribution in [3.63, 3.8) is 0 Å². The molecule has 0 aliphatic carbocycles. The second-order valence-corrected chi connectivity index (χ2v) is 4.31. The third kappa shape index (κ3) is 4.11. The van der Waals surface area contributed by atoms with E-state index < -0.39 is 0 Å². The standard InChI is InChI=1S/C13H18FNO/c1-9-6-11(8-12(14)7-9)13(16)5-3-4-10(2)15/h6-8,10H,3-5,15H2,1-2H3. The van der Waals surface area contributed by atoms with Gasteiger partial charge in [0.25, 0.3) is 0 Å². The van der Waals surface area contributed by atoms with Crippen LogP contribution in [0.25, 0.3) is 0 Å². The predicted molar refractivity (Wildman–Crippen MR) is 63.0 cm³/mol. The Morgan fingerprint density at radius 3 is 2.69 bits per heavy atom. The third-order valence-electron chi connectivity index (χ3n) is 2.43. The number of carbonyl (C=O) groups is 1. The first-order valence-electron chi connectivity index (χ1n) is 5.55. The van der Waals surface area contributed by atoms with E-state index in [0.717, 1.165) is 18.4 Å². The van der Waals surface area contributed by atoms with Crippen LogP contribution in [0.3, 0.4) is 0 Å². The molecule has 2 nitrogen and oxygen atoms in total. The topological polar surface area (TPSA) is 43.1 Å². The lowest BCUT2D eigenvalue weighted by atomic mass is 10.0. The Hall–Kier alpha value is -1.22. The fraction of sp³-hybridized carbons (Fsp3) is 0.462. The number of halogens is 1. The predicted octanol–water partition coefficient (Wildman–Crippen LogP) is 2.83. The van der Waals surface area contributed by atoms with E-state index in [1.807, 2.05) is 6.92 Å². The van der Waals surface area contributed by atoms with Crippen LogP contribution in [0, 0.1) is 12.7 Å². The van der Waals surface area contributed by atoms with E-state index in [-0.39, 0.29) is 17.6 Å². The summed E-state index contributed by atoms with van der Waals surface area (Å²) in [5.74, 6) is -0.362. The molecule has 0 radical (unpaired) electrons. The molecule has 0 heterocycles. The first-order chi connectivity index (χ1) is 7.49. The molecule has 0 saturated carbocycles.